The van der Waals surface area contributed by atoms with E-state index < -0.39 is 5.97 Å². The molecule has 1 atom stereocenters. The molecule has 1 unspecified atom stereocenters. The minimum atomic E-state index is -1.00. The van der Waals surface area contributed by atoms with Gasteiger partial charge in [-0.25, -0.2) is 9.78 Å². The third-order valence-electron chi connectivity index (χ3n) is 2.80. The number of halogens is 1. The van der Waals surface area contributed by atoms with Gasteiger partial charge in [0.05, 0.1) is 11.7 Å². The third kappa shape index (κ3) is 3.11. The predicted octanol–water partition coefficient (Wildman–Crippen LogP) is 2.05. The largest absolute Gasteiger partial charge is 0.478 e. The van der Waals surface area contributed by atoms with Crippen LogP contribution in [0, 0.1) is 0 Å². The minimum absolute atomic E-state index is 0.0987. The van der Waals surface area contributed by atoms with E-state index in [4.69, 9.17) is 21.4 Å². The molecule has 1 aromatic heterocycles. The Kier molecular flexibility index (Phi) is 4.04. The molecule has 18 heavy (non-hydrogen) atoms. The van der Waals surface area contributed by atoms with Crippen LogP contribution in [0.15, 0.2) is 12.1 Å². The molecule has 1 N–H and O–H groups in total. The van der Waals surface area contributed by atoms with Gasteiger partial charge >= 0.3 is 5.97 Å². The van der Waals surface area contributed by atoms with Crippen LogP contribution in [0.2, 0.25) is 5.15 Å². The van der Waals surface area contributed by atoms with Gasteiger partial charge in [0, 0.05) is 19.7 Å². The standard InChI is InChI=1S/C12H15ClN2O3/c1-8-7-15(3-2-4-18-8)11-6-9(12(16)17)5-10(13)14-11/h5-6,8H,2-4,7H2,1H3,(H,16,17). The smallest absolute Gasteiger partial charge is 0.335 e. The van der Waals surface area contributed by atoms with Crippen LogP contribution in [0.5, 0.6) is 0 Å². The van der Waals surface area contributed by atoms with Crippen LogP contribution in [0.3, 0.4) is 0 Å². The zero-order chi connectivity index (χ0) is 13.1. The number of carbonyl (C=O) groups is 1. The van der Waals surface area contributed by atoms with Gasteiger partial charge in [0.1, 0.15) is 11.0 Å². The number of hydrogen-bond donors (Lipinski definition) is 1. The van der Waals surface area contributed by atoms with E-state index in [2.05, 4.69) is 4.98 Å². The number of aromatic nitrogens is 1. The maximum absolute atomic E-state index is 11.0. The summed E-state index contributed by atoms with van der Waals surface area (Å²) in [7, 11) is 0. The van der Waals surface area contributed by atoms with E-state index in [1.165, 1.54) is 6.07 Å². The second kappa shape index (κ2) is 5.54. The molecule has 0 aromatic carbocycles. The third-order valence-corrected chi connectivity index (χ3v) is 3.00. The molecular weight excluding hydrogens is 256 g/mol. The first-order valence-electron chi connectivity index (χ1n) is 5.83. The molecule has 1 fully saturated rings. The number of hydrogen-bond acceptors (Lipinski definition) is 4. The molecule has 0 aliphatic carbocycles. The molecule has 6 heteroatoms. The summed E-state index contributed by atoms with van der Waals surface area (Å²) in [6.07, 6.45) is 0.988. The lowest BCUT2D eigenvalue weighted by Gasteiger charge is -2.23. The van der Waals surface area contributed by atoms with E-state index >= 15 is 0 Å². The van der Waals surface area contributed by atoms with Crippen molar-refractivity contribution in [2.75, 3.05) is 24.6 Å². The van der Waals surface area contributed by atoms with E-state index in [0.29, 0.717) is 19.0 Å². The molecular formula is C12H15ClN2O3. The number of anilines is 1. The first-order valence-corrected chi connectivity index (χ1v) is 6.21. The Balaban J connectivity index is 2.28. The average molecular weight is 271 g/mol. The van der Waals surface area contributed by atoms with E-state index in [9.17, 15) is 4.79 Å². The molecule has 0 bridgehead atoms. The second-order valence-corrected chi connectivity index (χ2v) is 4.71. The summed E-state index contributed by atoms with van der Waals surface area (Å²) >= 11 is 5.86. The molecule has 0 radical (unpaired) electrons. The fourth-order valence-electron chi connectivity index (χ4n) is 1.97. The molecule has 2 rings (SSSR count). The van der Waals surface area contributed by atoms with Crippen molar-refractivity contribution in [2.24, 2.45) is 0 Å². The maximum atomic E-state index is 11.0. The summed E-state index contributed by atoms with van der Waals surface area (Å²) in [6.45, 7) is 4.17. The van der Waals surface area contributed by atoms with Gasteiger partial charge in [-0.15, -0.1) is 0 Å². The van der Waals surface area contributed by atoms with E-state index in [0.717, 1.165) is 13.0 Å². The zero-order valence-electron chi connectivity index (χ0n) is 10.1. The highest BCUT2D eigenvalue weighted by Crippen LogP contribution is 2.20. The Morgan fingerprint density at radius 2 is 2.39 bits per heavy atom. The van der Waals surface area contributed by atoms with Crippen molar-refractivity contribution in [3.8, 4) is 0 Å². The van der Waals surface area contributed by atoms with Crippen molar-refractivity contribution in [3.63, 3.8) is 0 Å². The van der Waals surface area contributed by atoms with Crippen LogP contribution in [0.4, 0.5) is 5.82 Å². The number of nitrogens with zero attached hydrogens (tertiary/aromatic N) is 2. The van der Waals surface area contributed by atoms with Gasteiger partial charge in [0.15, 0.2) is 0 Å². The topological polar surface area (TPSA) is 62.7 Å². The van der Waals surface area contributed by atoms with E-state index in [1.807, 2.05) is 11.8 Å². The van der Waals surface area contributed by atoms with Gasteiger partial charge < -0.3 is 14.7 Å². The van der Waals surface area contributed by atoms with Gasteiger partial charge in [0.2, 0.25) is 0 Å². The van der Waals surface area contributed by atoms with Crippen LogP contribution in [-0.2, 0) is 4.74 Å². The highest BCUT2D eigenvalue weighted by Gasteiger charge is 2.18. The number of pyridine rings is 1. The highest BCUT2D eigenvalue weighted by atomic mass is 35.5. The quantitative estimate of drug-likeness (QED) is 0.834. The second-order valence-electron chi connectivity index (χ2n) is 4.32. The summed E-state index contributed by atoms with van der Waals surface area (Å²) in [5.41, 5.74) is 0.155. The van der Waals surface area contributed by atoms with Gasteiger partial charge in [-0.05, 0) is 25.5 Å². The first kappa shape index (κ1) is 13.1. The van der Waals surface area contributed by atoms with Crippen molar-refractivity contribution in [1.82, 2.24) is 4.98 Å². The Labute approximate surface area is 110 Å². The van der Waals surface area contributed by atoms with Gasteiger partial charge in [-0.2, -0.15) is 0 Å². The number of carboxylic acids is 1. The van der Waals surface area contributed by atoms with Gasteiger partial charge in [-0.3, -0.25) is 0 Å². The molecule has 98 valence electrons. The van der Waals surface area contributed by atoms with Gasteiger partial charge in [-0.1, -0.05) is 11.6 Å². The minimum Gasteiger partial charge on any atom is -0.478 e. The lowest BCUT2D eigenvalue weighted by atomic mass is 10.2. The van der Waals surface area contributed by atoms with Crippen molar-refractivity contribution in [3.05, 3.63) is 22.8 Å². The maximum Gasteiger partial charge on any atom is 0.335 e. The molecule has 0 saturated carbocycles. The van der Waals surface area contributed by atoms with Crippen molar-refractivity contribution in [2.45, 2.75) is 19.4 Å². The van der Waals surface area contributed by atoms with Crippen LogP contribution in [-0.4, -0.2) is 41.9 Å². The Morgan fingerprint density at radius 1 is 1.61 bits per heavy atom. The molecule has 0 spiro atoms. The predicted molar refractivity (Wildman–Crippen MR) is 68.5 cm³/mol. The highest BCUT2D eigenvalue weighted by molar-refractivity contribution is 6.29. The Bertz CT molecular complexity index is 453. The fraction of sp³-hybridized carbons (Fsp3) is 0.500. The zero-order valence-corrected chi connectivity index (χ0v) is 10.9. The first-order chi connectivity index (χ1) is 8.56. The monoisotopic (exact) mass is 270 g/mol. The molecule has 1 saturated heterocycles. The summed E-state index contributed by atoms with van der Waals surface area (Å²) < 4.78 is 5.54. The van der Waals surface area contributed by atoms with Crippen LogP contribution >= 0.6 is 11.6 Å². The fourth-order valence-corrected chi connectivity index (χ4v) is 2.18. The van der Waals surface area contributed by atoms with Gasteiger partial charge in [0.25, 0.3) is 0 Å². The van der Waals surface area contributed by atoms with Crippen molar-refractivity contribution < 1.29 is 14.6 Å². The van der Waals surface area contributed by atoms with Crippen LogP contribution in [0.25, 0.3) is 0 Å². The SMILES string of the molecule is CC1CN(c2cc(C(=O)O)cc(Cl)n2)CCCO1. The van der Waals surface area contributed by atoms with E-state index in [1.54, 1.807) is 6.07 Å². The summed E-state index contributed by atoms with van der Waals surface area (Å²) in [5, 5.41) is 9.21. The van der Waals surface area contributed by atoms with Crippen LogP contribution in [0.1, 0.15) is 23.7 Å². The number of carboxylic acid groups (broad SMARTS) is 1. The summed E-state index contributed by atoms with van der Waals surface area (Å²) in [5.74, 6) is -0.406. The lowest BCUT2D eigenvalue weighted by molar-refractivity contribution is 0.0696. The normalized spacial score (nSPS) is 20.6. The van der Waals surface area contributed by atoms with Crippen LogP contribution < -0.4 is 4.90 Å². The summed E-state index contributed by atoms with van der Waals surface area (Å²) in [6, 6.07) is 2.90. The van der Waals surface area contributed by atoms with Crippen molar-refractivity contribution >= 4 is 23.4 Å². The molecule has 5 nitrogen and oxygen atoms in total. The summed E-state index contributed by atoms with van der Waals surface area (Å²) in [4.78, 5) is 17.2. The lowest BCUT2D eigenvalue weighted by Crippen LogP contribution is -2.31. The van der Waals surface area contributed by atoms with Crippen molar-refractivity contribution in [1.29, 1.82) is 0 Å². The molecule has 0 amide bonds. The number of aromatic carboxylic acids is 1. The number of rotatable bonds is 2. The molecule has 1 aromatic rings. The molecule has 1 aliphatic heterocycles. The number of ether oxygens (including phenoxy) is 1. The Hall–Kier alpha value is -1.33. The average Bonchev–Trinajstić information content (AvgIpc) is 2.53. The Morgan fingerprint density at radius 3 is 3.11 bits per heavy atom. The molecule has 1 aliphatic rings. The molecule has 2 heterocycles. The van der Waals surface area contributed by atoms with E-state index in [-0.39, 0.29) is 16.8 Å².